The molecule has 0 spiro atoms. The predicted octanol–water partition coefficient (Wildman–Crippen LogP) is 2.76. The average molecular weight is 432 g/mol. The number of aliphatic hydroxyl groups is 1. The maximum absolute atomic E-state index is 10.6. The number of piperazine rings is 1. The number of nitrogens with one attached hydrogen (secondary N) is 2. The van der Waals surface area contributed by atoms with E-state index in [4.69, 9.17) is 4.99 Å². The molecule has 0 amide bonds. The molecule has 1 saturated heterocycles. The smallest absolute Gasteiger partial charge is 0.191 e. The molecule has 0 bridgehead atoms. The number of hydrogen-bond acceptors (Lipinski definition) is 5. The summed E-state index contributed by atoms with van der Waals surface area (Å²) in [5.74, 6) is 1.28. The summed E-state index contributed by atoms with van der Waals surface area (Å²) in [4.78, 5) is 10.8. The number of benzene rings is 1. The van der Waals surface area contributed by atoms with Crippen molar-refractivity contribution in [1.82, 2.24) is 20.4 Å². The Bertz CT molecular complexity index is 767. The largest absolute Gasteiger partial charge is 0.386 e. The molecule has 1 aromatic heterocycles. The molecule has 166 valence electrons. The highest BCUT2D eigenvalue weighted by molar-refractivity contribution is 7.19. The van der Waals surface area contributed by atoms with Gasteiger partial charge in [-0.1, -0.05) is 32.0 Å². The molecule has 1 aliphatic rings. The van der Waals surface area contributed by atoms with E-state index in [0.29, 0.717) is 12.5 Å². The molecule has 30 heavy (non-hydrogen) atoms. The number of likely N-dealkylation sites (N-methyl/N-ethyl adjacent to an activating group) is 1. The SMILES string of the molecule is CCNC(=NCC(C)CN1CCN(CC)CC1)NCC(O)c1cc2ccccc2s1. The third-order valence-corrected chi connectivity index (χ3v) is 6.84. The highest BCUT2D eigenvalue weighted by atomic mass is 32.1. The Balaban J connectivity index is 1.47. The first-order valence-corrected chi connectivity index (χ1v) is 12.0. The van der Waals surface area contributed by atoms with Gasteiger partial charge >= 0.3 is 0 Å². The van der Waals surface area contributed by atoms with Crippen LogP contribution in [0.15, 0.2) is 35.3 Å². The molecule has 2 heterocycles. The van der Waals surface area contributed by atoms with Crippen LogP contribution in [0, 0.1) is 5.92 Å². The van der Waals surface area contributed by atoms with E-state index < -0.39 is 6.10 Å². The van der Waals surface area contributed by atoms with Gasteiger partial charge in [0, 0.05) is 61.9 Å². The predicted molar refractivity (Wildman–Crippen MR) is 128 cm³/mol. The second kappa shape index (κ2) is 11.6. The number of rotatable bonds is 9. The van der Waals surface area contributed by atoms with Crippen molar-refractivity contribution < 1.29 is 5.11 Å². The molecular weight excluding hydrogens is 394 g/mol. The fraction of sp³-hybridized carbons (Fsp3) is 0.609. The van der Waals surface area contributed by atoms with Gasteiger partial charge in [0.05, 0.1) is 0 Å². The molecule has 0 saturated carbocycles. The van der Waals surface area contributed by atoms with Gasteiger partial charge in [-0.2, -0.15) is 0 Å². The van der Waals surface area contributed by atoms with Crippen molar-refractivity contribution in [3.8, 4) is 0 Å². The Morgan fingerprint density at radius 1 is 1.13 bits per heavy atom. The highest BCUT2D eigenvalue weighted by Crippen LogP contribution is 2.29. The van der Waals surface area contributed by atoms with Crippen molar-refractivity contribution in [1.29, 1.82) is 0 Å². The molecule has 7 heteroatoms. The van der Waals surface area contributed by atoms with Gasteiger partial charge in [-0.3, -0.25) is 4.99 Å². The van der Waals surface area contributed by atoms with E-state index in [1.54, 1.807) is 11.3 Å². The Morgan fingerprint density at radius 3 is 2.57 bits per heavy atom. The summed E-state index contributed by atoms with van der Waals surface area (Å²) in [5, 5.41) is 18.4. The van der Waals surface area contributed by atoms with Crippen LogP contribution in [0.5, 0.6) is 0 Å². The molecule has 6 nitrogen and oxygen atoms in total. The molecule has 1 aliphatic heterocycles. The van der Waals surface area contributed by atoms with Gasteiger partial charge in [-0.05, 0) is 36.9 Å². The third kappa shape index (κ3) is 6.67. The Hall–Kier alpha value is -1.67. The van der Waals surface area contributed by atoms with Crippen molar-refractivity contribution in [2.24, 2.45) is 10.9 Å². The number of fused-ring (bicyclic) bond motifs is 1. The van der Waals surface area contributed by atoms with Crippen LogP contribution in [0.3, 0.4) is 0 Å². The zero-order valence-corrected chi connectivity index (χ0v) is 19.4. The lowest BCUT2D eigenvalue weighted by Gasteiger charge is -2.35. The summed E-state index contributed by atoms with van der Waals surface area (Å²) in [6.45, 7) is 15.5. The minimum Gasteiger partial charge on any atom is -0.386 e. The summed E-state index contributed by atoms with van der Waals surface area (Å²) >= 11 is 1.65. The van der Waals surface area contributed by atoms with Crippen LogP contribution in [0.25, 0.3) is 10.1 Å². The lowest BCUT2D eigenvalue weighted by atomic mass is 10.1. The van der Waals surface area contributed by atoms with Crippen molar-refractivity contribution in [3.63, 3.8) is 0 Å². The van der Waals surface area contributed by atoms with Gasteiger partial charge in [0.2, 0.25) is 0 Å². The third-order valence-electron chi connectivity index (χ3n) is 5.62. The van der Waals surface area contributed by atoms with E-state index in [2.05, 4.69) is 59.4 Å². The standard InChI is InChI=1S/C23H37N5OS/c1-4-24-23(25-15-18(3)17-28-12-10-27(5-2)11-13-28)26-16-20(29)22-14-19-8-6-7-9-21(19)30-22/h6-9,14,18,20,29H,4-5,10-13,15-17H2,1-3H3,(H2,24,25,26). The summed E-state index contributed by atoms with van der Waals surface area (Å²) in [7, 11) is 0. The molecule has 2 aromatic rings. The van der Waals surface area contributed by atoms with Gasteiger partial charge in [0.1, 0.15) is 6.10 Å². The normalized spacial score (nSPS) is 18.5. The van der Waals surface area contributed by atoms with Crippen LogP contribution < -0.4 is 10.6 Å². The van der Waals surface area contributed by atoms with Gasteiger partial charge in [0.25, 0.3) is 0 Å². The van der Waals surface area contributed by atoms with Gasteiger partial charge in [0.15, 0.2) is 5.96 Å². The zero-order valence-electron chi connectivity index (χ0n) is 18.6. The Labute approximate surface area is 185 Å². The zero-order chi connectivity index (χ0) is 21.3. The second-order valence-corrected chi connectivity index (χ2v) is 9.26. The maximum Gasteiger partial charge on any atom is 0.191 e. The van der Waals surface area contributed by atoms with Crippen LogP contribution in [0.4, 0.5) is 0 Å². The number of guanidine groups is 1. The molecule has 1 aromatic carbocycles. The second-order valence-electron chi connectivity index (χ2n) is 8.14. The topological polar surface area (TPSA) is 63.1 Å². The number of aliphatic imine (C=N–C) groups is 1. The van der Waals surface area contributed by atoms with Crippen LogP contribution in [0.1, 0.15) is 31.8 Å². The molecule has 0 aliphatic carbocycles. The number of aliphatic hydroxyl groups excluding tert-OH is 1. The first kappa shape index (κ1) is 23.0. The quantitative estimate of drug-likeness (QED) is 0.421. The van der Waals surface area contributed by atoms with E-state index >= 15 is 0 Å². The molecule has 3 N–H and O–H groups in total. The minimum absolute atomic E-state index is 0.450. The Kier molecular flexibility index (Phi) is 8.93. The maximum atomic E-state index is 10.6. The molecule has 2 atom stereocenters. The van der Waals surface area contributed by atoms with E-state index in [1.807, 2.05) is 12.1 Å². The summed E-state index contributed by atoms with van der Waals surface area (Å²) in [5.41, 5.74) is 0. The number of nitrogens with zero attached hydrogens (tertiary/aromatic N) is 3. The number of thiophene rings is 1. The van der Waals surface area contributed by atoms with Crippen LogP contribution in [0.2, 0.25) is 0 Å². The molecule has 1 fully saturated rings. The van der Waals surface area contributed by atoms with Gasteiger partial charge in [-0.15, -0.1) is 11.3 Å². The highest BCUT2D eigenvalue weighted by Gasteiger charge is 2.17. The lowest BCUT2D eigenvalue weighted by molar-refractivity contribution is 0.125. The van der Waals surface area contributed by atoms with Gasteiger partial charge < -0.3 is 25.5 Å². The van der Waals surface area contributed by atoms with Crippen molar-refractivity contribution >= 4 is 27.4 Å². The van der Waals surface area contributed by atoms with Gasteiger partial charge in [-0.25, -0.2) is 0 Å². The average Bonchev–Trinajstić information content (AvgIpc) is 3.20. The molecule has 0 radical (unpaired) electrons. The molecule has 3 rings (SSSR count). The summed E-state index contributed by atoms with van der Waals surface area (Å²) in [6.07, 6.45) is -0.543. The van der Waals surface area contributed by atoms with Crippen LogP contribution in [-0.2, 0) is 0 Å². The Morgan fingerprint density at radius 2 is 1.87 bits per heavy atom. The monoisotopic (exact) mass is 431 g/mol. The fourth-order valence-corrected chi connectivity index (χ4v) is 4.89. The lowest BCUT2D eigenvalue weighted by Crippen LogP contribution is -2.47. The van der Waals surface area contributed by atoms with Crippen molar-refractivity contribution in [2.45, 2.75) is 26.9 Å². The summed E-state index contributed by atoms with van der Waals surface area (Å²) < 4.78 is 1.21. The minimum atomic E-state index is -0.543. The van der Waals surface area contributed by atoms with Crippen LogP contribution in [-0.4, -0.2) is 79.8 Å². The van der Waals surface area contributed by atoms with Crippen molar-refractivity contribution in [2.75, 3.05) is 58.9 Å². The van der Waals surface area contributed by atoms with E-state index in [9.17, 15) is 5.11 Å². The first-order chi connectivity index (χ1) is 14.6. The molecular formula is C23H37N5OS. The van der Waals surface area contributed by atoms with Crippen LogP contribution >= 0.6 is 11.3 Å². The number of hydrogen-bond donors (Lipinski definition) is 3. The molecule has 2 unspecified atom stereocenters. The van der Waals surface area contributed by atoms with E-state index in [0.717, 1.165) is 50.1 Å². The first-order valence-electron chi connectivity index (χ1n) is 11.2. The summed E-state index contributed by atoms with van der Waals surface area (Å²) in [6, 6.07) is 10.3. The van der Waals surface area contributed by atoms with E-state index in [1.165, 1.54) is 23.2 Å². The van der Waals surface area contributed by atoms with E-state index in [-0.39, 0.29) is 0 Å². The fourth-order valence-electron chi connectivity index (χ4n) is 3.84. The van der Waals surface area contributed by atoms with Crippen molar-refractivity contribution in [3.05, 3.63) is 35.2 Å².